The van der Waals surface area contributed by atoms with Crippen molar-refractivity contribution in [2.45, 2.75) is 12.2 Å². The van der Waals surface area contributed by atoms with Crippen molar-refractivity contribution >= 4 is 28.8 Å². The van der Waals surface area contributed by atoms with Crippen LogP contribution in [0.25, 0.3) is 0 Å². The Bertz CT molecular complexity index is 588. The number of rotatable bonds is 6. The van der Waals surface area contributed by atoms with Crippen LogP contribution < -0.4 is 5.32 Å². The first-order chi connectivity index (χ1) is 10.1. The van der Waals surface area contributed by atoms with Crippen molar-refractivity contribution in [1.29, 1.82) is 0 Å². The summed E-state index contributed by atoms with van der Waals surface area (Å²) in [6, 6.07) is 12.7. The van der Waals surface area contributed by atoms with Gasteiger partial charge in [-0.05, 0) is 17.7 Å². The molecule has 2 atom stereocenters. The van der Waals surface area contributed by atoms with Crippen molar-refractivity contribution in [2.75, 3.05) is 13.7 Å². The van der Waals surface area contributed by atoms with Gasteiger partial charge in [0.2, 0.25) is 0 Å². The van der Waals surface area contributed by atoms with Gasteiger partial charge in [0.1, 0.15) is 6.10 Å². The zero-order valence-corrected chi connectivity index (χ0v) is 13.0. The fourth-order valence-corrected chi connectivity index (χ4v) is 2.97. The summed E-state index contributed by atoms with van der Waals surface area (Å²) in [6.45, 7) is 0.113. The lowest BCUT2D eigenvalue weighted by molar-refractivity contribution is -0.131. The molecule has 2 N–H and O–H groups in total. The number of nitrogens with one attached hydrogen (secondary N) is 1. The van der Waals surface area contributed by atoms with Gasteiger partial charge in [-0.2, -0.15) is 0 Å². The molecule has 0 fully saturated rings. The van der Waals surface area contributed by atoms with Crippen molar-refractivity contribution in [3.05, 3.63) is 57.2 Å². The number of carbonyl (C=O) groups excluding carboxylic acids is 1. The fourth-order valence-electron chi connectivity index (χ4n) is 1.92. The van der Waals surface area contributed by atoms with Crippen molar-refractivity contribution in [3.8, 4) is 0 Å². The molecular formula is C15H16ClNO3S. The van der Waals surface area contributed by atoms with Gasteiger partial charge in [-0.1, -0.05) is 41.9 Å². The van der Waals surface area contributed by atoms with Crippen LogP contribution in [0, 0.1) is 0 Å². The van der Waals surface area contributed by atoms with E-state index in [1.807, 2.05) is 30.3 Å². The highest BCUT2D eigenvalue weighted by atomic mass is 35.5. The number of halogens is 1. The molecule has 0 radical (unpaired) electrons. The topological polar surface area (TPSA) is 58.6 Å². The Morgan fingerprint density at radius 1 is 1.33 bits per heavy atom. The molecular weight excluding hydrogens is 310 g/mol. The Labute approximate surface area is 132 Å². The number of hydrogen-bond donors (Lipinski definition) is 2. The van der Waals surface area contributed by atoms with E-state index >= 15 is 0 Å². The fraction of sp³-hybridized carbons (Fsp3) is 0.267. The average Bonchev–Trinajstić information content (AvgIpc) is 2.93. The van der Waals surface area contributed by atoms with Crippen LogP contribution in [0.3, 0.4) is 0 Å². The summed E-state index contributed by atoms with van der Waals surface area (Å²) in [7, 11) is 1.48. The number of methoxy groups -OCH3 is 1. The third-order valence-electron chi connectivity index (χ3n) is 2.97. The van der Waals surface area contributed by atoms with E-state index in [0.717, 1.165) is 5.56 Å². The first kappa shape index (κ1) is 16.0. The Morgan fingerprint density at radius 3 is 2.62 bits per heavy atom. The molecule has 0 aliphatic carbocycles. The van der Waals surface area contributed by atoms with Gasteiger partial charge in [0, 0.05) is 18.5 Å². The third kappa shape index (κ3) is 4.28. The number of ether oxygens (including phenoxy) is 1. The van der Waals surface area contributed by atoms with Crippen LogP contribution >= 0.6 is 22.9 Å². The molecule has 0 bridgehead atoms. The first-order valence-electron chi connectivity index (χ1n) is 6.40. The Morgan fingerprint density at radius 2 is 2.05 bits per heavy atom. The highest BCUT2D eigenvalue weighted by molar-refractivity contribution is 7.16. The number of benzene rings is 1. The van der Waals surface area contributed by atoms with Gasteiger partial charge in [0.15, 0.2) is 6.10 Å². The largest absolute Gasteiger partial charge is 0.386 e. The number of aliphatic hydroxyl groups excluding tert-OH is 1. The van der Waals surface area contributed by atoms with Crippen LogP contribution in [0.15, 0.2) is 42.5 Å². The summed E-state index contributed by atoms with van der Waals surface area (Å²) in [6.07, 6.45) is -1.47. The van der Waals surface area contributed by atoms with Crippen LogP contribution in [0.5, 0.6) is 0 Å². The molecule has 0 saturated carbocycles. The normalized spacial score (nSPS) is 13.7. The van der Waals surface area contributed by atoms with Gasteiger partial charge in [-0.3, -0.25) is 4.79 Å². The maximum atomic E-state index is 12.1. The second-order valence-electron chi connectivity index (χ2n) is 4.43. The van der Waals surface area contributed by atoms with E-state index in [0.29, 0.717) is 9.21 Å². The van der Waals surface area contributed by atoms with E-state index in [-0.39, 0.29) is 12.5 Å². The number of thiophene rings is 1. The van der Waals surface area contributed by atoms with Crippen molar-refractivity contribution < 1.29 is 14.6 Å². The molecule has 2 aromatic rings. The average molecular weight is 326 g/mol. The van der Waals surface area contributed by atoms with E-state index < -0.39 is 12.2 Å². The quantitative estimate of drug-likeness (QED) is 0.858. The maximum Gasteiger partial charge on any atom is 0.253 e. The third-order valence-corrected chi connectivity index (χ3v) is 4.30. The van der Waals surface area contributed by atoms with E-state index in [2.05, 4.69) is 5.32 Å². The predicted molar refractivity (Wildman–Crippen MR) is 83.5 cm³/mol. The summed E-state index contributed by atoms with van der Waals surface area (Å²) in [5.41, 5.74) is 0.770. The van der Waals surface area contributed by atoms with Crippen molar-refractivity contribution in [3.63, 3.8) is 0 Å². The summed E-state index contributed by atoms with van der Waals surface area (Å²) < 4.78 is 5.83. The highest BCUT2D eigenvalue weighted by Crippen LogP contribution is 2.26. The van der Waals surface area contributed by atoms with E-state index in [1.165, 1.54) is 18.4 Å². The summed E-state index contributed by atoms with van der Waals surface area (Å²) in [4.78, 5) is 12.9. The molecule has 1 aromatic carbocycles. The Balaban J connectivity index is 1.94. The molecule has 0 unspecified atom stereocenters. The van der Waals surface area contributed by atoms with Crippen LogP contribution in [0.2, 0.25) is 4.34 Å². The molecule has 0 saturated heterocycles. The zero-order chi connectivity index (χ0) is 15.2. The lowest BCUT2D eigenvalue weighted by Crippen LogP contribution is -2.33. The van der Waals surface area contributed by atoms with E-state index in [1.54, 1.807) is 12.1 Å². The van der Waals surface area contributed by atoms with E-state index in [4.69, 9.17) is 16.3 Å². The number of aliphatic hydroxyl groups is 1. The summed E-state index contributed by atoms with van der Waals surface area (Å²) in [5.74, 6) is -0.287. The number of carbonyl (C=O) groups is 1. The van der Waals surface area contributed by atoms with Crippen molar-refractivity contribution in [1.82, 2.24) is 5.32 Å². The second-order valence-corrected chi connectivity index (χ2v) is 6.18. The molecule has 4 nitrogen and oxygen atoms in total. The molecule has 21 heavy (non-hydrogen) atoms. The molecule has 6 heteroatoms. The van der Waals surface area contributed by atoms with Gasteiger partial charge in [0.25, 0.3) is 5.91 Å². The van der Waals surface area contributed by atoms with Crippen molar-refractivity contribution in [2.24, 2.45) is 0 Å². The molecule has 2 rings (SSSR count). The number of hydrogen-bond acceptors (Lipinski definition) is 4. The molecule has 1 aromatic heterocycles. The monoisotopic (exact) mass is 325 g/mol. The summed E-state index contributed by atoms with van der Waals surface area (Å²) in [5, 5.41) is 12.7. The minimum Gasteiger partial charge on any atom is -0.386 e. The lowest BCUT2D eigenvalue weighted by atomic mass is 10.1. The molecule has 112 valence electrons. The summed E-state index contributed by atoms with van der Waals surface area (Å²) >= 11 is 7.11. The van der Waals surface area contributed by atoms with Gasteiger partial charge in [0.05, 0.1) is 4.34 Å². The first-order valence-corrected chi connectivity index (χ1v) is 7.60. The van der Waals surface area contributed by atoms with Gasteiger partial charge in [-0.15, -0.1) is 11.3 Å². The van der Waals surface area contributed by atoms with Gasteiger partial charge < -0.3 is 15.2 Å². The number of amides is 1. The van der Waals surface area contributed by atoms with Crippen LogP contribution in [0.1, 0.15) is 22.6 Å². The molecule has 0 spiro atoms. The molecule has 1 heterocycles. The predicted octanol–water partition coefficient (Wildman–Crippen LogP) is 2.94. The Hall–Kier alpha value is -1.40. The van der Waals surface area contributed by atoms with Crippen LogP contribution in [-0.4, -0.2) is 24.7 Å². The standard InChI is InChI=1S/C15H16ClNO3S/c1-20-14(10-5-3-2-4-6-10)15(19)17-9-11(18)12-7-8-13(16)21-12/h2-8,11,14,18H,9H2,1H3,(H,17,19)/t11-,14-/m0/s1. The zero-order valence-electron chi connectivity index (χ0n) is 11.5. The Kier molecular flexibility index (Phi) is 5.76. The molecule has 0 aliphatic rings. The maximum absolute atomic E-state index is 12.1. The van der Waals surface area contributed by atoms with Gasteiger partial charge in [-0.25, -0.2) is 0 Å². The van der Waals surface area contributed by atoms with Crippen LogP contribution in [0.4, 0.5) is 0 Å². The van der Waals surface area contributed by atoms with Crippen LogP contribution in [-0.2, 0) is 9.53 Å². The minimum atomic E-state index is -0.778. The SMILES string of the molecule is CO[C@H](C(=O)NC[C@H](O)c1ccc(Cl)s1)c1ccccc1. The van der Waals surface area contributed by atoms with E-state index in [9.17, 15) is 9.90 Å². The second kappa shape index (κ2) is 7.56. The minimum absolute atomic E-state index is 0.113. The molecule has 0 aliphatic heterocycles. The highest BCUT2D eigenvalue weighted by Gasteiger charge is 2.21. The molecule has 1 amide bonds. The smallest absolute Gasteiger partial charge is 0.253 e. The lowest BCUT2D eigenvalue weighted by Gasteiger charge is -2.17. The van der Waals surface area contributed by atoms with Gasteiger partial charge >= 0.3 is 0 Å².